The van der Waals surface area contributed by atoms with Gasteiger partial charge in [0.1, 0.15) is 0 Å². The molecule has 1 aliphatic rings. The first-order valence-electron chi connectivity index (χ1n) is 4.66. The van der Waals surface area contributed by atoms with Crippen molar-refractivity contribution in [2.24, 2.45) is 5.92 Å². The molecule has 0 saturated heterocycles. The van der Waals surface area contributed by atoms with Crippen molar-refractivity contribution in [2.45, 2.75) is 38.6 Å². The average molecular weight is 171 g/mol. The van der Waals surface area contributed by atoms with Crippen LogP contribution in [0.5, 0.6) is 0 Å². The summed E-state index contributed by atoms with van der Waals surface area (Å²) in [6.45, 7) is 2.12. The van der Waals surface area contributed by atoms with Crippen LogP contribution in [0, 0.1) is 5.92 Å². The Morgan fingerprint density at radius 3 is 2.83 bits per heavy atom. The van der Waals surface area contributed by atoms with E-state index < -0.39 is 0 Å². The molecule has 1 saturated carbocycles. The normalized spacial score (nSPS) is 28.8. The van der Waals surface area contributed by atoms with E-state index in [2.05, 4.69) is 5.32 Å². The molecule has 0 aromatic carbocycles. The van der Waals surface area contributed by atoms with Gasteiger partial charge in [0.2, 0.25) is 5.91 Å². The molecule has 0 radical (unpaired) electrons. The molecular formula is C9H17NO2. The molecule has 0 bridgehead atoms. The molecule has 0 spiro atoms. The Kier molecular flexibility index (Phi) is 3.53. The molecule has 2 unspecified atom stereocenters. The lowest BCUT2D eigenvalue weighted by Gasteiger charge is -2.11. The Balaban J connectivity index is 2.23. The average Bonchev–Trinajstić information content (AvgIpc) is 2.52. The zero-order chi connectivity index (χ0) is 8.97. The lowest BCUT2D eigenvalue weighted by Crippen LogP contribution is -2.32. The molecule has 1 amide bonds. The SMILES string of the molecule is CCC(=O)NC1CCC(CO)C1. The summed E-state index contributed by atoms with van der Waals surface area (Å²) in [7, 11) is 0. The van der Waals surface area contributed by atoms with Crippen molar-refractivity contribution in [3.63, 3.8) is 0 Å². The van der Waals surface area contributed by atoms with Crippen LogP contribution in [0.2, 0.25) is 0 Å². The summed E-state index contributed by atoms with van der Waals surface area (Å²) in [4.78, 5) is 11.0. The third kappa shape index (κ3) is 2.48. The number of rotatable bonds is 3. The molecule has 3 heteroatoms. The van der Waals surface area contributed by atoms with Crippen molar-refractivity contribution >= 4 is 5.91 Å². The summed E-state index contributed by atoms with van der Waals surface area (Å²) in [5.74, 6) is 0.533. The molecule has 70 valence electrons. The largest absolute Gasteiger partial charge is 0.396 e. The van der Waals surface area contributed by atoms with Gasteiger partial charge in [-0.1, -0.05) is 6.92 Å². The second-order valence-corrected chi connectivity index (χ2v) is 3.48. The van der Waals surface area contributed by atoms with E-state index in [1.807, 2.05) is 6.92 Å². The fourth-order valence-corrected chi connectivity index (χ4v) is 1.70. The van der Waals surface area contributed by atoms with Crippen molar-refractivity contribution < 1.29 is 9.90 Å². The number of nitrogens with one attached hydrogen (secondary N) is 1. The van der Waals surface area contributed by atoms with Crippen LogP contribution in [0.1, 0.15) is 32.6 Å². The van der Waals surface area contributed by atoms with Crippen LogP contribution in [0.15, 0.2) is 0 Å². The molecule has 1 rings (SSSR count). The molecule has 1 fully saturated rings. The van der Waals surface area contributed by atoms with Gasteiger partial charge in [-0.15, -0.1) is 0 Å². The van der Waals surface area contributed by atoms with Crippen LogP contribution in [-0.4, -0.2) is 23.7 Å². The van der Waals surface area contributed by atoms with Crippen LogP contribution in [0.4, 0.5) is 0 Å². The van der Waals surface area contributed by atoms with Crippen LogP contribution in [-0.2, 0) is 4.79 Å². The van der Waals surface area contributed by atoms with Gasteiger partial charge in [0.15, 0.2) is 0 Å². The molecule has 2 atom stereocenters. The predicted molar refractivity (Wildman–Crippen MR) is 46.6 cm³/mol. The number of hydrogen-bond donors (Lipinski definition) is 2. The smallest absolute Gasteiger partial charge is 0.219 e. The predicted octanol–water partition coefficient (Wildman–Crippen LogP) is 0.674. The van der Waals surface area contributed by atoms with E-state index in [0.29, 0.717) is 18.4 Å². The number of aliphatic hydroxyl groups is 1. The molecule has 2 N–H and O–H groups in total. The minimum Gasteiger partial charge on any atom is -0.396 e. The van der Waals surface area contributed by atoms with E-state index in [9.17, 15) is 4.79 Å². The first-order valence-corrected chi connectivity index (χ1v) is 4.66. The van der Waals surface area contributed by atoms with Crippen LogP contribution in [0.3, 0.4) is 0 Å². The van der Waals surface area contributed by atoms with Gasteiger partial charge in [0, 0.05) is 19.1 Å². The third-order valence-electron chi connectivity index (χ3n) is 2.49. The zero-order valence-corrected chi connectivity index (χ0v) is 7.55. The number of aliphatic hydroxyl groups excluding tert-OH is 1. The fourth-order valence-electron chi connectivity index (χ4n) is 1.70. The van der Waals surface area contributed by atoms with Gasteiger partial charge < -0.3 is 10.4 Å². The summed E-state index contributed by atoms with van der Waals surface area (Å²) in [5.41, 5.74) is 0. The second kappa shape index (κ2) is 4.45. The highest BCUT2D eigenvalue weighted by molar-refractivity contribution is 5.75. The van der Waals surface area contributed by atoms with Crippen LogP contribution >= 0.6 is 0 Å². The Labute approximate surface area is 73.2 Å². The highest BCUT2D eigenvalue weighted by atomic mass is 16.3. The minimum atomic E-state index is 0.124. The Bertz CT molecular complexity index is 159. The lowest BCUT2D eigenvalue weighted by molar-refractivity contribution is -0.121. The first-order chi connectivity index (χ1) is 5.76. The highest BCUT2D eigenvalue weighted by Gasteiger charge is 2.24. The van der Waals surface area contributed by atoms with E-state index in [4.69, 9.17) is 5.11 Å². The van der Waals surface area contributed by atoms with E-state index in [1.165, 1.54) is 0 Å². The van der Waals surface area contributed by atoms with Crippen molar-refractivity contribution in [3.8, 4) is 0 Å². The molecule has 0 aliphatic heterocycles. The quantitative estimate of drug-likeness (QED) is 0.656. The monoisotopic (exact) mass is 171 g/mol. The Hall–Kier alpha value is -0.570. The molecular weight excluding hydrogens is 154 g/mol. The van der Waals surface area contributed by atoms with Crippen molar-refractivity contribution in [1.29, 1.82) is 0 Å². The Morgan fingerprint density at radius 1 is 1.58 bits per heavy atom. The maximum absolute atomic E-state index is 11.0. The van der Waals surface area contributed by atoms with E-state index in [0.717, 1.165) is 19.3 Å². The van der Waals surface area contributed by atoms with Gasteiger partial charge >= 0.3 is 0 Å². The highest BCUT2D eigenvalue weighted by Crippen LogP contribution is 2.24. The second-order valence-electron chi connectivity index (χ2n) is 3.48. The minimum absolute atomic E-state index is 0.124. The maximum atomic E-state index is 11.0. The van der Waals surface area contributed by atoms with E-state index >= 15 is 0 Å². The number of hydrogen-bond acceptors (Lipinski definition) is 2. The summed E-state index contributed by atoms with van der Waals surface area (Å²) < 4.78 is 0. The van der Waals surface area contributed by atoms with Crippen LogP contribution in [0.25, 0.3) is 0 Å². The van der Waals surface area contributed by atoms with Gasteiger partial charge in [0.05, 0.1) is 0 Å². The van der Waals surface area contributed by atoms with Gasteiger partial charge in [-0.2, -0.15) is 0 Å². The van der Waals surface area contributed by atoms with Crippen molar-refractivity contribution in [2.75, 3.05) is 6.61 Å². The maximum Gasteiger partial charge on any atom is 0.219 e. The van der Waals surface area contributed by atoms with Crippen molar-refractivity contribution in [1.82, 2.24) is 5.32 Å². The van der Waals surface area contributed by atoms with Crippen LogP contribution < -0.4 is 5.32 Å². The summed E-state index contributed by atoms with van der Waals surface area (Å²) in [6, 6.07) is 0.314. The molecule has 12 heavy (non-hydrogen) atoms. The summed E-state index contributed by atoms with van der Waals surface area (Å²) in [6.07, 6.45) is 3.57. The number of carbonyl (C=O) groups is 1. The van der Waals surface area contributed by atoms with Gasteiger partial charge in [0.25, 0.3) is 0 Å². The molecule has 1 aliphatic carbocycles. The third-order valence-corrected chi connectivity index (χ3v) is 2.49. The van der Waals surface area contributed by atoms with Gasteiger partial charge in [-0.25, -0.2) is 0 Å². The van der Waals surface area contributed by atoms with Crippen molar-refractivity contribution in [3.05, 3.63) is 0 Å². The zero-order valence-electron chi connectivity index (χ0n) is 7.55. The molecule has 0 aromatic heterocycles. The Morgan fingerprint density at radius 2 is 2.33 bits per heavy atom. The number of carbonyl (C=O) groups excluding carboxylic acids is 1. The lowest BCUT2D eigenvalue weighted by atomic mass is 10.1. The summed E-state index contributed by atoms with van der Waals surface area (Å²) >= 11 is 0. The molecule has 0 heterocycles. The van der Waals surface area contributed by atoms with Gasteiger partial charge in [-0.05, 0) is 25.2 Å². The molecule has 0 aromatic rings. The number of amides is 1. The van der Waals surface area contributed by atoms with E-state index in [1.54, 1.807) is 0 Å². The summed E-state index contributed by atoms with van der Waals surface area (Å²) in [5, 5.41) is 11.8. The standard InChI is InChI=1S/C9H17NO2/c1-2-9(12)10-8-4-3-7(5-8)6-11/h7-8,11H,2-6H2,1H3,(H,10,12). The fraction of sp³-hybridized carbons (Fsp3) is 0.889. The van der Waals surface area contributed by atoms with E-state index in [-0.39, 0.29) is 12.5 Å². The topological polar surface area (TPSA) is 49.3 Å². The first kappa shape index (κ1) is 9.52. The van der Waals surface area contributed by atoms with Gasteiger partial charge in [-0.3, -0.25) is 4.79 Å². The molecule has 3 nitrogen and oxygen atoms in total.